The highest BCUT2D eigenvalue weighted by molar-refractivity contribution is 5.81. The number of nitrogens with two attached hydrogens (primary N) is 1. The zero-order valence-electron chi connectivity index (χ0n) is 10.6. The number of nitrogens with one attached hydrogen (secondary N) is 1. The smallest absolute Gasteiger partial charge is 0.239 e. The van der Waals surface area contributed by atoms with Crippen LogP contribution < -0.4 is 16.0 Å². The van der Waals surface area contributed by atoms with Crippen LogP contribution >= 0.6 is 0 Å². The Morgan fingerprint density at radius 1 is 1.35 bits per heavy atom. The van der Waals surface area contributed by atoms with Crippen molar-refractivity contribution in [3.8, 4) is 0 Å². The number of carbonyl (C=O) groups excluding carboxylic acids is 1. The minimum absolute atomic E-state index is 0.0428. The van der Waals surface area contributed by atoms with E-state index in [0.29, 0.717) is 19.6 Å². The molecule has 0 aromatic heterocycles. The maximum absolute atomic E-state index is 11.6. The second-order valence-corrected chi connectivity index (χ2v) is 3.80. The van der Waals surface area contributed by atoms with Crippen molar-refractivity contribution in [2.45, 2.75) is 20.4 Å². The molecule has 0 aliphatic heterocycles. The molecule has 0 saturated heterocycles. The third-order valence-electron chi connectivity index (χ3n) is 2.64. The summed E-state index contributed by atoms with van der Waals surface area (Å²) in [4.78, 5) is 13.6. The zero-order chi connectivity index (χ0) is 12.7. The van der Waals surface area contributed by atoms with Crippen LogP contribution in [0.1, 0.15) is 19.4 Å². The van der Waals surface area contributed by atoms with Gasteiger partial charge in [0.05, 0.1) is 6.54 Å². The Morgan fingerprint density at radius 3 is 2.65 bits per heavy atom. The van der Waals surface area contributed by atoms with E-state index >= 15 is 0 Å². The number of anilines is 1. The van der Waals surface area contributed by atoms with Gasteiger partial charge in [-0.15, -0.1) is 0 Å². The number of hydrogen-bond donors (Lipinski definition) is 2. The Balaban J connectivity index is 2.82. The fourth-order valence-electron chi connectivity index (χ4n) is 1.79. The van der Waals surface area contributed by atoms with Crippen molar-refractivity contribution in [3.05, 3.63) is 29.8 Å². The number of para-hydroxylation sites is 1. The van der Waals surface area contributed by atoms with Gasteiger partial charge in [-0.3, -0.25) is 4.79 Å². The van der Waals surface area contributed by atoms with E-state index in [0.717, 1.165) is 17.8 Å². The molecule has 0 spiro atoms. The van der Waals surface area contributed by atoms with Crippen LogP contribution in [0.25, 0.3) is 0 Å². The van der Waals surface area contributed by atoms with Gasteiger partial charge in [0.1, 0.15) is 0 Å². The van der Waals surface area contributed by atoms with Crippen molar-refractivity contribution in [3.63, 3.8) is 0 Å². The molecule has 0 bridgehead atoms. The highest BCUT2D eigenvalue weighted by Crippen LogP contribution is 2.19. The van der Waals surface area contributed by atoms with E-state index in [1.54, 1.807) is 0 Å². The Labute approximate surface area is 103 Å². The lowest BCUT2D eigenvalue weighted by molar-refractivity contribution is -0.119. The van der Waals surface area contributed by atoms with Crippen LogP contribution in [0.15, 0.2) is 24.3 Å². The van der Waals surface area contributed by atoms with E-state index in [9.17, 15) is 4.79 Å². The molecule has 1 aromatic rings. The molecule has 0 aliphatic rings. The van der Waals surface area contributed by atoms with Crippen LogP contribution in [0.3, 0.4) is 0 Å². The van der Waals surface area contributed by atoms with Gasteiger partial charge in [-0.2, -0.15) is 0 Å². The molecule has 4 heteroatoms. The van der Waals surface area contributed by atoms with Gasteiger partial charge < -0.3 is 16.0 Å². The average molecular weight is 235 g/mol. The predicted octanol–water partition coefficient (Wildman–Crippen LogP) is 1.11. The van der Waals surface area contributed by atoms with Crippen LogP contribution in [0.4, 0.5) is 5.69 Å². The van der Waals surface area contributed by atoms with Crippen molar-refractivity contribution < 1.29 is 4.79 Å². The molecule has 0 radical (unpaired) electrons. The summed E-state index contributed by atoms with van der Waals surface area (Å²) in [5.41, 5.74) is 7.82. The molecule has 94 valence electrons. The minimum atomic E-state index is 0.0428. The Hall–Kier alpha value is -1.55. The maximum atomic E-state index is 11.6. The van der Waals surface area contributed by atoms with E-state index < -0.39 is 0 Å². The van der Waals surface area contributed by atoms with Gasteiger partial charge in [0.15, 0.2) is 0 Å². The SMILES string of the molecule is CCNC(=O)CN(CC)c1ccccc1CN. The average Bonchev–Trinajstić information content (AvgIpc) is 2.36. The van der Waals surface area contributed by atoms with Gasteiger partial charge in [0.25, 0.3) is 0 Å². The van der Waals surface area contributed by atoms with Crippen molar-refractivity contribution in [2.24, 2.45) is 5.73 Å². The largest absolute Gasteiger partial charge is 0.362 e. The van der Waals surface area contributed by atoms with Gasteiger partial charge in [-0.1, -0.05) is 18.2 Å². The van der Waals surface area contributed by atoms with Crippen LogP contribution in [0.5, 0.6) is 0 Å². The number of amides is 1. The topological polar surface area (TPSA) is 58.4 Å². The first kappa shape index (κ1) is 13.5. The van der Waals surface area contributed by atoms with Crippen LogP contribution in [-0.2, 0) is 11.3 Å². The molecule has 0 saturated carbocycles. The molecule has 0 fully saturated rings. The molecule has 4 nitrogen and oxygen atoms in total. The number of nitrogens with zero attached hydrogens (tertiary/aromatic N) is 1. The van der Waals surface area contributed by atoms with Crippen LogP contribution in [0.2, 0.25) is 0 Å². The molecule has 17 heavy (non-hydrogen) atoms. The molecule has 0 heterocycles. The number of benzene rings is 1. The molecular weight excluding hydrogens is 214 g/mol. The maximum Gasteiger partial charge on any atom is 0.239 e. The number of rotatable bonds is 6. The Kier molecular flexibility index (Phi) is 5.49. The third kappa shape index (κ3) is 3.75. The second kappa shape index (κ2) is 6.91. The summed E-state index contributed by atoms with van der Waals surface area (Å²) < 4.78 is 0. The van der Waals surface area contributed by atoms with E-state index in [1.165, 1.54) is 0 Å². The van der Waals surface area contributed by atoms with Gasteiger partial charge >= 0.3 is 0 Å². The Morgan fingerprint density at radius 2 is 2.06 bits per heavy atom. The normalized spacial score (nSPS) is 10.1. The quantitative estimate of drug-likeness (QED) is 0.776. The first-order valence-electron chi connectivity index (χ1n) is 6.02. The summed E-state index contributed by atoms with van der Waals surface area (Å²) in [7, 11) is 0. The van der Waals surface area contributed by atoms with Crippen LogP contribution in [0, 0.1) is 0 Å². The van der Waals surface area contributed by atoms with E-state index in [1.807, 2.05) is 43.0 Å². The lowest BCUT2D eigenvalue weighted by atomic mass is 10.1. The second-order valence-electron chi connectivity index (χ2n) is 3.80. The highest BCUT2D eigenvalue weighted by atomic mass is 16.2. The standard InChI is InChI=1S/C13H21N3O/c1-3-15-13(17)10-16(4-2)12-8-6-5-7-11(12)9-14/h5-8H,3-4,9-10,14H2,1-2H3,(H,15,17). The fourth-order valence-corrected chi connectivity index (χ4v) is 1.79. The van der Waals surface area contributed by atoms with Gasteiger partial charge in [0.2, 0.25) is 5.91 Å². The van der Waals surface area contributed by atoms with Crippen LogP contribution in [-0.4, -0.2) is 25.5 Å². The molecule has 1 amide bonds. The van der Waals surface area contributed by atoms with Crippen molar-refractivity contribution >= 4 is 11.6 Å². The monoisotopic (exact) mass is 235 g/mol. The predicted molar refractivity (Wildman–Crippen MR) is 70.9 cm³/mol. The van der Waals surface area contributed by atoms with Gasteiger partial charge in [-0.25, -0.2) is 0 Å². The summed E-state index contributed by atoms with van der Waals surface area (Å²) >= 11 is 0. The lowest BCUT2D eigenvalue weighted by Gasteiger charge is -2.24. The molecule has 0 unspecified atom stereocenters. The van der Waals surface area contributed by atoms with Gasteiger partial charge in [0, 0.05) is 25.3 Å². The van der Waals surface area contributed by atoms with Crippen molar-refractivity contribution in [2.75, 3.05) is 24.5 Å². The third-order valence-corrected chi connectivity index (χ3v) is 2.64. The number of likely N-dealkylation sites (N-methyl/N-ethyl adjacent to an activating group) is 2. The highest BCUT2D eigenvalue weighted by Gasteiger charge is 2.11. The summed E-state index contributed by atoms with van der Waals surface area (Å²) in [6.07, 6.45) is 0. The molecule has 3 N–H and O–H groups in total. The van der Waals surface area contributed by atoms with Gasteiger partial charge in [-0.05, 0) is 25.5 Å². The molecule has 1 aromatic carbocycles. The first-order chi connectivity index (χ1) is 8.22. The lowest BCUT2D eigenvalue weighted by Crippen LogP contribution is -2.37. The molecule has 0 aliphatic carbocycles. The van der Waals surface area contributed by atoms with Crippen molar-refractivity contribution in [1.82, 2.24) is 5.32 Å². The molecular formula is C13H21N3O. The minimum Gasteiger partial charge on any atom is -0.362 e. The van der Waals surface area contributed by atoms with E-state index in [2.05, 4.69) is 5.32 Å². The molecule has 1 rings (SSSR count). The van der Waals surface area contributed by atoms with Crippen molar-refractivity contribution in [1.29, 1.82) is 0 Å². The summed E-state index contributed by atoms with van der Waals surface area (Å²) in [6.45, 7) is 6.26. The van der Waals surface area contributed by atoms with E-state index in [-0.39, 0.29) is 5.91 Å². The summed E-state index contributed by atoms with van der Waals surface area (Å²) in [5, 5.41) is 2.81. The summed E-state index contributed by atoms with van der Waals surface area (Å²) in [6, 6.07) is 7.93. The number of carbonyl (C=O) groups is 1. The summed E-state index contributed by atoms with van der Waals surface area (Å²) in [5.74, 6) is 0.0428. The Bertz CT molecular complexity index is 365. The fraction of sp³-hybridized carbons (Fsp3) is 0.462. The number of hydrogen-bond acceptors (Lipinski definition) is 3. The van der Waals surface area contributed by atoms with E-state index in [4.69, 9.17) is 5.73 Å². The molecule has 0 atom stereocenters. The zero-order valence-corrected chi connectivity index (χ0v) is 10.6. The first-order valence-corrected chi connectivity index (χ1v) is 6.02.